The molecule has 0 aromatic carbocycles. The summed E-state index contributed by atoms with van der Waals surface area (Å²) in [4.78, 5) is 25.5. The fraction of sp³-hybridized carbons (Fsp3) is 0.625. The lowest BCUT2D eigenvalue weighted by molar-refractivity contribution is -0.149. The third kappa shape index (κ3) is 3.49. The van der Waals surface area contributed by atoms with Crippen molar-refractivity contribution in [2.75, 3.05) is 26.2 Å². The van der Waals surface area contributed by atoms with Crippen LogP contribution in [0.3, 0.4) is 0 Å². The minimum absolute atomic E-state index is 0.190. The Hall–Kier alpha value is -1.91. The minimum Gasteiger partial charge on any atom is -0.475 e. The molecule has 1 aromatic rings. The average molecular weight is 386 g/mol. The highest BCUT2D eigenvalue weighted by molar-refractivity contribution is 7.89. The summed E-state index contributed by atoms with van der Waals surface area (Å²) in [6, 6.07) is 1.38. The quantitative estimate of drug-likeness (QED) is 0.812. The zero-order valence-corrected chi connectivity index (χ0v) is 15.5. The van der Waals surface area contributed by atoms with E-state index < -0.39 is 38.5 Å². The second kappa shape index (κ2) is 6.67. The number of amides is 1. The maximum atomic E-state index is 12.9. The van der Waals surface area contributed by atoms with Crippen LogP contribution < -0.4 is 0 Å². The summed E-state index contributed by atoms with van der Waals surface area (Å²) in [5, 5.41) is 8.45. The van der Waals surface area contributed by atoms with Gasteiger partial charge in [-0.05, 0) is 38.8 Å². The zero-order valence-electron chi connectivity index (χ0n) is 14.7. The lowest BCUT2D eigenvalue weighted by Gasteiger charge is -2.39. The number of aromatic carboxylic acids is 1. The smallest absolute Gasteiger partial charge is 0.371 e. The van der Waals surface area contributed by atoms with Gasteiger partial charge in [0.15, 0.2) is 0 Å². The molecule has 10 heteroatoms. The van der Waals surface area contributed by atoms with Gasteiger partial charge in [0, 0.05) is 19.6 Å². The van der Waals surface area contributed by atoms with Gasteiger partial charge in [0.1, 0.15) is 6.04 Å². The molecular formula is C16H22N2O7S. The average Bonchev–Trinajstić information content (AvgIpc) is 3.23. The standard InChI is InChI=1S/C16H22N2O7S/c1-16(2)10-17(8-9-24-16)14(19)11-4-3-7-18(11)26(22,23)13-6-5-12(25-13)15(20)21/h5-6,11H,3-4,7-10H2,1-2H3,(H,20,21). The molecule has 1 amide bonds. The third-order valence-corrected chi connectivity index (χ3v) is 6.36. The number of nitrogens with zero attached hydrogens (tertiary/aromatic N) is 2. The predicted molar refractivity (Wildman–Crippen MR) is 89.2 cm³/mol. The number of sulfonamides is 1. The van der Waals surface area contributed by atoms with Crippen molar-refractivity contribution in [3.05, 3.63) is 17.9 Å². The second-order valence-corrected chi connectivity index (χ2v) is 8.89. The van der Waals surface area contributed by atoms with E-state index in [-0.39, 0.29) is 12.5 Å². The Morgan fingerprint density at radius 1 is 1.27 bits per heavy atom. The lowest BCUT2D eigenvalue weighted by Crippen LogP contribution is -2.55. The number of carbonyl (C=O) groups excluding carboxylic acids is 1. The maximum absolute atomic E-state index is 12.9. The molecule has 0 radical (unpaired) electrons. The Morgan fingerprint density at radius 2 is 2.00 bits per heavy atom. The molecule has 1 atom stereocenters. The molecule has 0 bridgehead atoms. The van der Waals surface area contributed by atoms with E-state index in [9.17, 15) is 18.0 Å². The molecule has 9 nitrogen and oxygen atoms in total. The Balaban J connectivity index is 1.82. The predicted octanol–water partition coefficient (Wildman–Crippen LogP) is 0.768. The van der Waals surface area contributed by atoms with Gasteiger partial charge in [-0.3, -0.25) is 4.79 Å². The summed E-state index contributed by atoms with van der Waals surface area (Å²) in [6.45, 7) is 5.16. The summed E-state index contributed by atoms with van der Waals surface area (Å²) in [6.07, 6.45) is 0.970. The first-order chi connectivity index (χ1) is 12.1. The van der Waals surface area contributed by atoms with Crippen LogP contribution in [-0.2, 0) is 19.6 Å². The highest BCUT2D eigenvalue weighted by Gasteiger charge is 2.44. The number of rotatable bonds is 4. The van der Waals surface area contributed by atoms with Gasteiger partial charge < -0.3 is 19.2 Å². The van der Waals surface area contributed by atoms with E-state index in [0.717, 1.165) is 16.4 Å². The highest BCUT2D eigenvalue weighted by Crippen LogP contribution is 2.29. The largest absolute Gasteiger partial charge is 0.475 e. The van der Waals surface area contributed by atoms with Crippen LogP contribution in [0.2, 0.25) is 0 Å². The normalized spacial score (nSPS) is 23.9. The fourth-order valence-corrected chi connectivity index (χ4v) is 4.95. The van der Waals surface area contributed by atoms with Gasteiger partial charge in [0.25, 0.3) is 10.0 Å². The number of hydrogen-bond donors (Lipinski definition) is 1. The van der Waals surface area contributed by atoms with E-state index >= 15 is 0 Å². The van der Waals surface area contributed by atoms with E-state index in [2.05, 4.69) is 0 Å². The molecule has 0 spiro atoms. The monoisotopic (exact) mass is 386 g/mol. The van der Waals surface area contributed by atoms with Crippen LogP contribution in [0.4, 0.5) is 0 Å². The van der Waals surface area contributed by atoms with Gasteiger partial charge >= 0.3 is 5.97 Å². The molecule has 2 saturated heterocycles. The number of carboxylic acid groups (broad SMARTS) is 1. The molecule has 1 unspecified atom stereocenters. The summed E-state index contributed by atoms with van der Waals surface area (Å²) in [7, 11) is -4.09. The summed E-state index contributed by atoms with van der Waals surface area (Å²) < 4.78 is 37.3. The first-order valence-corrected chi connectivity index (χ1v) is 9.83. The van der Waals surface area contributed by atoms with Crippen molar-refractivity contribution in [2.24, 2.45) is 0 Å². The Bertz CT molecular complexity index is 814. The summed E-state index contributed by atoms with van der Waals surface area (Å²) >= 11 is 0. The van der Waals surface area contributed by atoms with Crippen molar-refractivity contribution in [1.29, 1.82) is 0 Å². The van der Waals surface area contributed by atoms with E-state index in [1.165, 1.54) is 0 Å². The fourth-order valence-electron chi connectivity index (χ4n) is 3.38. The van der Waals surface area contributed by atoms with Crippen molar-refractivity contribution in [2.45, 2.75) is 43.4 Å². The summed E-state index contributed by atoms with van der Waals surface area (Å²) in [5.74, 6) is -2.07. The van der Waals surface area contributed by atoms with Gasteiger partial charge in [-0.1, -0.05) is 0 Å². The molecule has 3 rings (SSSR count). The zero-order chi connectivity index (χ0) is 19.1. The van der Waals surface area contributed by atoms with Crippen molar-refractivity contribution >= 4 is 21.9 Å². The van der Waals surface area contributed by atoms with Crippen LogP contribution >= 0.6 is 0 Å². The van der Waals surface area contributed by atoms with Gasteiger partial charge in [-0.15, -0.1) is 0 Å². The van der Waals surface area contributed by atoms with Crippen molar-refractivity contribution in [1.82, 2.24) is 9.21 Å². The number of furan rings is 1. The molecule has 3 heterocycles. The van der Waals surface area contributed by atoms with Crippen LogP contribution in [0.5, 0.6) is 0 Å². The van der Waals surface area contributed by atoms with E-state index in [4.69, 9.17) is 14.3 Å². The van der Waals surface area contributed by atoms with E-state index in [1.807, 2.05) is 13.8 Å². The number of carbonyl (C=O) groups is 2. The number of morpholine rings is 1. The molecule has 1 aromatic heterocycles. The first-order valence-electron chi connectivity index (χ1n) is 8.39. The van der Waals surface area contributed by atoms with Crippen LogP contribution in [0, 0.1) is 0 Å². The summed E-state index contributed by atoms with van der Waals surface area (Å²) in [5.41, 5.74) is -0.479. The molecule has 2 fully saturated rings. The second-order valence-electron chi connectivity index (χ2n) is 7.07. The van der Waals surface area contributed by atoms with Crippen LogP contribution in [0.1, 0.15) is 37.2 Å². The van der Waals surface area contributed by atoms with Crippen LogP contribution in [0.25, 0.3) is 0 Å². The van der Waals surface area contributed by atoms with Crippen molar-refractivity contribution in [3.8, 4) is 0 Å². The number of carboxylic acids is 1. The Labute approximate surface area is 151 Å². The maximum Gasteiger partial charge on any atom is 0.371 e. The highest BCUT2D eigenvalue weighted by atomic mass is 32.2. The SMILES string of the molecule is CC1(C)CN(C(=O)C2CCCN2S(=O)(=O)c2ccc(C(=O)O)o2)CCO1. The Kier molecular flexibility index (Phi) is 4.84. The van der Waals surface area contributed by atoms with E-state index in [0.29, 0.717) is 32.5 Å². The molecule has 0 aliphatic carbocycles. The molecule has 144 valence electrons. The minimum atomic E-state index is -4.09. The van der Waals surface area contributed by atoms with Crippen molar-refractivity contribution < 1.29 is 32.3 Å². The van der Waals surface area contributed by atoms with Gasteiger partial charge in [0.05, 0.1) is 12.2 Å². The van der Waals surface area contributed by atoms with Crippen LogP contribution in [0.15, 0.2) is 21.6 Å². The topological polar surface area (TPSA) is 117 Å². The molecule has 2 aliphatic rings. The molecular weight excluding hydrogens is 364 g/mol. The van der Waals surface area contributed by atoms with Crippen molar-refractivity contribution in [3.63, 3.8) is 0 Å². The molecule has 1 N–H and O–H groups in total. The van der Waals surface area contributed by atoms with Gasteiger partial charge in [-0.25, -0.2) is 13.2 Å². The van der Waals surface area contributed by atoms with Crippen LogP contribution in [-0.4, -0.2) is 72.5 Å². The third-order valence-electron chi connectivity index (χ3n) is 4.58. The van der Waals surface area contributed by atoms with Gasteiger partial charge in [0.2, 0.25) is 16.8 Å². The number of hydrogen-bond acceptors (Lipinski definition) is 6. The molecule has 0 saturated carbocycles. The van der Waals surface area contributed by atoms with Gasteiger partial charge in [-0.2, -0.15) is 4.31 Å². The molecule has 2 aliphatic heterocycles. The first kappa shape index (κ1) is 18.9. The Morgan fingerprint density at radius 3 is 2.62 bits per heavy atom. The lowest BCUT2D eigenvalue weighted by atomic mass is 10.1. The number of ether oxygens (including phenoxy) is 1. The van der Waals surface area contributed by atoms with E-state index in [1.54, 1.807) is 4.90 Å². The molecule has 26 heavy (non-hydrogen) atoms.